The van der Waals surface area contributed by atoms with Gasteiger partial charge in [0.05, 0.1) is 24.0 Å². The monoisotopic (exact) mass is 408 g/mol. The number of ether oxygens (including phenoxy) is 1. The molecule has 0 N–H and O–H groups in total. The summed E-state index contributed by atoms with van der Waals surface area (Å²) in [6.07, 6.45) is 2.14. The topological polar surface area (TPSA) is 99.7 Å². The van der Waals surface area contributed by atoms with Gasteiger partial charge in [0.15, 0.2) is 0 Å². The van der Waals surface area contributed by atoms with E-state index in [2.05, 4.69) is 0 Å². The molecule has 3 rings (SSSR count). The van der Waals surface area contributed by atoms with Gasteiger partial charge in [0.2, 0.25) is 0 Å². The van der Waals surface area contributed by atoms with Crippen molar-refractivity contribution >= 4 is 23.0 Å². The summed E-state index contributed by atoms with van der Waals surface area (Å²) in [5.41, 5.74) is 1.29. The molecule has 30 heavy (non-hydrogen) atoms. The number of nitro groups is 1. The van der Waals surface area contributed by atoms with Gasteiger partial charge in [0, 0.05) is 37.0 Å². The van der Waals surface area contributed by atoms with Crippen molar-refractivity contribution in [1.82, 2.24) is 0 Å². The zero-order chi connectivity index (χ0) is 21.5. The van der Waals surface area contributed by atoms with E-state index in [9.17, 15) is 14.9 Å². The Morgan fingerprint density at radius 3 is 2.53 bits per heavy atom. The Labute approximate surface area is 175 Å². The van der Waals surface area contributed by atoms with Crippen LogP contribution < -0.4 is 14.5 Å². The van der Waals surface area contributed by atoms with E-state index in [1.165, 1.54) is 11.0 Å². The van der Waals surface area contributed by atoms with E-state index in [0.717, 1.165) is 25.9 Å². The third-order valence-corrected chi connectivity index (χ3v) is 5.02. The molecule has 0 atom stereocenters. The minimum atomic E-state index is -0.444. The molecule has 156 valence electrons. The first-order valence-corrected chi connectivity index (χ1v) is 10.00. The average molecular weight is 408 g/mol. The SMILES string of the molecule is CCOc1ccc(N(CCC#N)C(=O)c2ccc(N3CCCC3)c([N+](=O)[O-])c2)cc1. The zero-order valence-corrected chi connectivity index (χ0v) is 16.9. The maximum Gasteiger partial charge on any atom is 0.293 e. The molecule has 0 unspecified atom stereocenters. The molecule has 1 amide bonds. The van der Waals surface area contributed by atoms with Crippen LogP contribution in [0.1, 0.15) is 36.5 Å². The summed E-state index contributed by atoms with van der Waals surface area (Å²) in [4.78, 5) is 27.9. The standard InChI is InChI=1S/C22H24N4O4/c1-2-30-19-9-7-18(8-10-19)25(15-5-12-23)22(27)17-6-11-20(21(16-17)26(28)29)24-13-3-4-14-24/h6-11,16H,2-5,13-15H2,1H3. The van der Waals surface area contributed by atoms with Crippen molar-refractivity contribution in [2.24, 2.45) is 0 Å². The fraction of sp³-hybridized carbons (Fsp3) is 0.364. The zero-order valence-electron chi connectivity index (χ0n) is 16.9. The van der Waals surface area contributed by atoms with Crippen molar-refractivity contribution in [2.75, 3.05) is 36.0 Å². The van der Waals surface area contributed by atoms with Gasteiger partial charge < -0.3 is 14.5 Å². The number of carbonyl (C=O) groups excluding carboxylic acids is 1. The maximum absolute atomic E-state index is 13.2. The Kier molecular flexibility index (Phi) is 6.86. The number of benzene rings is 2. The minimum Gasteiger partial charge on any atom is -0.494 e. The van der Waals surface area contributed by atoms with E-state index in [1.807, 2.05) is 17.9 Å². The first-order valence-electron chi connectivity index (χ1n) is 10.00. The fourth-order valence-electron chi connectivity index (χ4n) is 3.58. The fourth-order valence-corrected chi connectivity index (χ4v) is 3.58. The number of hydrogen-bond acceptors (Lipinski definition) is 6. The Hall–Kier alpha value is -3.60. The molecule has 0 spiro atoms. The van der Waals surface area contributed by atoms with Gasteiger partial charge in [-0.3, -0.25) is 14.9 Å². The summed E-state index contributed by atoms with van der Waals surface area (Å²) in [5, 5.41) is 20.7. The molecule has 0 radical (unpaired) electrons. The predicted octanol–water partition coefficient (Wildman–Crippen LogP) is 4.15. The third-order valence-electron chi connectivity index (χ3n) is 5.02. The molecule has 2 aromatic rings. The van der Waals surface area contributed by atoms with Crippen molar-refractivity contribution in [3.8, 4) is 11.8 Å². The third kappa shape index (κ3) is 4.69. The van der Waals surface area contributed by atoms with E-state index in [-0.39, 0.29) is 30.1 Å². The van der Waals surface area contributed by atoms with Crippen LogP contribution in [0.15, 0.2) is 42.5 Å². The van der Waals surface area contributed by atoms with Crippen molar-refractivity contribution in [1.29, 1.82) is 5.26 Å². The number of anilines is 2. The highest BCUT2D eigenvalue weighted by atomic mass is 16.6. The Morgan fingerprint density at radius 2 is 1.93 bits per heavy atom. The van der Waals surface area contributed by atoms with E-state index in [0.29, 0.717) is 23.7 Å². The van der Waals surface area contributed by atoms with Crippen LogP contribution in [0.2, 0.25) is 0 Å². The summed E-state index contributed by atoms with van der Waals surface area (Å²) in [6, 6.07) is 13.7. The lowest BCUT2D eigenvalue weighted by Gasteiger charge is -2.23. The van der Waals surface area contributed by atoms with Crippen LogP contribution in [0, 0.1) is 21.4 Å². The highest BCUT2D eigenvalue weighted by molar-refractivity contribution is 6.07. The molecule has 0 saturated carbocycles. The van der Waals surface area contributed by atoms with Gasteiger partial charge in [-0.15, -0.1) is 0 Å². The van der Waals surface area contributed by atoms with Gasteiger partial charge in [-0.05, 0) is 56.2 Å². The van der Waals surface area contributed by atoms with Gasteiger partial charge >= 0.3 is 0 Å². The van der Waals surface area contributed by atoms with Crippen molar-refractivity contribution in [3.05, 3.63) is 58.1 Å². The van der Waals surface area contributed by atoms with Crippen LogP contribution in [0.25, 0.3) is 0 Å². The second-order valence-electron chi connectivity index (χ2n) is 6.95. The molecular formula is C22H24N4O4. The molecule has 1 saturated heterocycles. The van der Waals surface area contributed by atoms with Gasteiger partial charge in [-0.25, -0.2) is 0 Å². The number of nitriles is 1. The maximum atomic E-state index is 13.2. The van der Waals surface area contributed by atoms with Crippen LogP contribution in [0.5, 0.6) is 5.75 Å². The summed E-state index contributed by atoms with van der Waals surface area (Å²) in [5.74, 6) is 0.296. The number of carbonyl (C=O) groups is 1. The number of hydrogen-bond donors (Lipinski definition) is 0. The van der Waals surface area contributed by atoms with Crippen molar-refractivity contribution < 1.29 is 14.5 Å². The van der Waals surface area contributed by atoms with Gasteiger partial charge in [0.1, 0.15) is 11.4 Å². The summed E-state index contributed by atoms with van der Waals surface area (Å²) in [7, 11) is 0. The lowest BCUT2D eigenvalue weighted by molar-refractivity contribution is -0.384. The number of nitro benzene ring substituents is 1. The molecule has 1 heterocycles. The molecular weight excluding hydrogens is 384 g/mol. The van der Waals surface area contributed by atoms with Gasteiger partial charge in [-0.2, -0.15) is 5.26 Å². The molecule has 8 heteroatoms. The molecule has 2 aromatic carbocycles. The molecule has 0 bridgehead atoms. The largest absolute Gasteiger partial charge is 0.494 e. The van der Waals surface area contributed by atoms with E-state index >= 15 is 0 Å². The van der Waals surface area contributed by atoms with Gasteiger partial charge in [0.25, 0.3) is 11.6 Å². The summed E-state index contributed by atoms with van der Waals surface area (Å²) in [6.45, 7) is 4.15. The molecule has 0 aliphatic carbocycles. The summed E-state index contributed by atoms with van der Waals surface area (Å²) < 4.78 is 5.44. The van der Waals surface area contributed by atoms with Crippen LogP contribution in [-0.2, 0) is 0 Å². The normalized spacial score (nSPS) is 13.0. The lowest BCUT2D eigenvalue weighted by atomic mass is 10.1. The van der Waals surface area contributed by atoms with Crippen LogP contribution in [-0.4, -0.2) is 37.1 Å². The number of rotatable bonds is 8. The highest BCUT2D eigenvalue weighted by Gasteiger charge is 2.26. The number of nitrogens with zero attached hydrogens (tertiary/aromatic N) is 4. The van der Waals surface area contributed by atoms with E-state index < -0.39 is 4.92 Å². The molecule has 1 fully saturated rings. The molecule has 8 nitrogen and oxygen atoms in total. The first kappa shape index (κ1) is 21.1. The van der Waals surface area contributed by atoms with Crippen molar-refractivity contribution in [3.63, 3.8) is 0 Å². The van der Waals surface area contributed by atoms with E-state index in [1.54, 1.807) is 36.4 Å². The van der Waals surface area contributed by atoms with Crippen LogP contribution in [0.3, 0.4) is 0 Å². The predicted molar refractivity (Wildman–Crippen MR) is 114 cm³/mol. The molecule has 1 aliphatic rings. The Morgan fingerprint density at radius 1 is 1.23 bits per heavy atom. The van der Waals surface area contributed by atoms with Gasteiger partial charge in [-0.1, -0.05) is 0 Å². The average Bonchev–Trinajstić information content (AvgIpc) is 3.29. The van der Waals surface area contributed by atoms with Crippen molar-refractivity contribution in [2.45, 2.75) is 26.2 Å². The molecule has 0 aromatic heterocycles. The Bertz CT molecular complexity index is 947. The van der Waals surface area contributed by atoms with Crippen LogP contribution >= 0.6 is 0 Å². The summed E-state index contributed by atoms with van der Waals surface area (Å²) >= 11 is 0. The number of amides is 1. The molecule has 1 aliphatic heterocycles. The smallest absolute Gasteiger partial charge is 0.293 e. The lowest BCUT2D eigenvalue weighted by Crippen LogP contribution is -2.32. The second kappa shape index (κ2) is 9.74. The van der Waals surface area contributed by atoms with E-state index in [4.69, 9.17) is 10.00 Å². The quantitative estimate of drug-likeness (QED) is 0.480. The highest BCUT2D eigenvalue weighted by Crippen LogP contribution is 2.32. The first-order chi connectivity index (χ1) is 14.5. The van der Waals surface area contributed by atoms with Crippen LogP contribution in [0.4, 0.5) is 17.1 Å². The second-order valence-corrected chi connectivity index (χ2v) is 6.95. The minimum absolute atomic E-state index is 0.0744. The Balaban J connectivity index is 1.92.